The molecule has 110 valence electrons. The van der Waals surface area contributed by atoms with Crippen molar-refractivity contribution in [1.29, 1.82) is 0 Å². The summed E-state index contributed by atoms with van der Waals surface area (Å²) in [6, 6.07) is 9.79. The monoisotopic (exact) mass is 351 g/mol. The Kier molecular flexibility index (Phi) is 4.96. The third-order valence-corrected chi connectivity index (χ3v) is 3.88. The minimum atomic E-state index is -0.963. The molecule has 0 bridgehead atoms. The molecular weight excluding hydrogens is 337 g/mol. The Morgan fingerprint density at radius 2 is 2.05 bits per heavy atom. The summed E-state index contributed by atoms with van der Waals surface area (Å²) in [4.78, 5) is 10.9. The first-order chi connectivity index (χ1) is 9.97. The quantitative estimate of drug-likeness (QED) is 0.846. The first-order valence-electron chi connectivity index (χ1n) is 6.49. The number of carbonyl (C=O) groups is 1. The molecule has 21 heavy (non-hydrogen) atoms. The molecule has 0 atom stereocenters. The topological polar surface area (TPSA) is 49.3 Å². The van der Waals surface area contributed by atoms with Crippen LogP contribution in [0, 0.1) is 12.7 Å². The van der Waals surface area contributed by atoms with E-state index in [-0.39, 0.29) is 11.4 Å². The molecule has 0 aromatic heterocycles. The van der Waals surface area contributed by atoms with Crippen molar-refractivity contribution in [2.24, 2.45) is 0 Å². The van der Waals surface area contributed by atoms with Crippen LogP contribution in [-0.4, -0.2) is 17.6 Å². The molecule has 0 heterocycles. The van der Waals surface area contributed by atoms with Gasteiger partial charge in [-0.1, -0.05) is 6.07 Å². The Morgan fingerprint density at radius 1 is 1.29 bits per heavy atom. The maximum absolute atomic E-state index is 13.0. The zero-order valence-electron chi connectivity index (χ0n) is 11.5. The number of aryl methyl sites for hydroxylation is 1. The van der Waals surface area contributed by atoms with E-state index < -0.39 is 5.97 Å². The molecule has 0 aliphatic heterocycles. The number of aromatic carboxylic acids is 1. The van der Waals surface area contributed by atoms with Gasteiger partial charge in [0.2, 0.25) is 0 Å². The Labute approximate surface area is 130 Å². The van der Waals surface area contributed by atoms with Crippen molar-refractivity contribution >= 4 is 27.6 Å². The molecule has 2 rings (SSSR count). The van der Waals surface area contributed by atoms with Crippen molar-refractivity contribution in [3.05, 3.63) is 63.4 Å². The highest BCUT2D eigenvalue weighted by molar-refractivity contribution is 9.10. The predicted molar refractivity (Wildman–Crippen MR) is 84.4 cm³/mol. The highest BCUT2D eigenvalue weighted by Gasteiger charge is 2.08. The van der Waals surface area contributed by atoms with Crippen LogP contribution in [0.2, 0.25) is 0 Å². The van der Waals surface area contributed by atoms with Crippen LogP contribution in [0.15, 0.2) is 40.9 Å². The Balaban J connectivity index is 1.97. The molecule has 0 radical (unpaired) electrons. The zero-order valence-corrected chi connectivity index (χ0v) is 13.1. The van der Waals surface area contributed by atoms with Gasteiger partial charge >= 0.3 is 5.97 Å². The van der Waals surface area contributed by atoms with Crippen LogP contribution >= 0.6 is 15.9 Å². The van der Waals surface area contributed by atoms with E-state index in [9.17, 15) is 9.18 Å². The zero-order chi connectivity index (χ0) is 15.4. The van der Waals surface area contributed by atoms with E-state index in [2.05, 4.69) is 21.2 Å². The lowest BCUT2D eigenvalue weighted by Crippen LogP contribution is -2.07. The number of anilines is 1. The van der Waals surface area contributed by atoms with Gasteiger partial charge in [0.05, 0.1) is 5.56 Å². The average Bonchev–Trinajstić information content (AvgIpc) is 2.41. The summed E-state index contributed by atoms with van der Waals surface area (Å²) >= 11 is 3.24. The molecular formula is C16H15BrFNO2. The van der Waals surface area contributed by atoms with Gasteiger partial charge < -0.3 is 10.4 Å². The third kappa shape index (κ3) is 4.04. The predicted octanol–water partition coefficient (Wildman–Crippen LogP) is 4.25. The molecule has 0 saturated carbocycles. The van der Waals surface area contributed by atoms with Gasteiger partial charge in [-0.25, -0.2) is 9.18 Å². The minimum Gasteiger partial charge on any atom is -0.478 e. The fraction of sp³-hybridized carbons (Fsp3) is 0.188. The number of carboxylic acid groups (broad SMARTS) is 1. The van der Waals surface area contributed by atoms with Crippen molar-refractivity contribution < 1.29 is 14.3 Å². The molecule has 0 saturated heterocycles. The molecule has 0 aliphatic rings. The van der Waals surface area contributed by atoms with Gasteiger partial charge in [0.1, 0.15) is 5.82 Å². The number of nitrogens with one attached hydrogen (secondary N) is 1. The lowest BCUT2D eigenvalue weighted by molar-refractivity contribution is 0.0696. The van der Waals surface area contributed by atoms with E-state index in [0.717, 1.165) is 23.2 Å². The summed E-state index contributed by atoms with van der Waals surface area (Å²) in [6.07, 6.45) is 0.768. The molecule has 2 aromatic carbocycles. The Bertz CT molecular complexity index is 673. The molecule has 3 nitrogen and oxygen atoms in total. The second kappa shape index (κ2) is 6.72. The fourth-order valence-electron chi connectivity index (χ4n) is 2.08. The largest absolute Gasteiger partial charge is 0.478 e. The number of hydrogen-bond acceptors (Lipinski definition) is 2. The highest BCUT2D eigenvalue weighted by atomic mass is 79.9. The van der Waals surface area contributed by atoms with Crippen LogP contribution in [0.4, 0.5) is 10.1 Å². The summed E-state index contributed by atoms with van der Waals surface area (Å²) < 4.78 is 13.6. The average molecular weight is 352 g/mol. The van der Waals surface area contributed by atoms with E-state index in [4.69, 9.17) is 5.11 Å². The molecule has 2 N–H and O–H groups in total. The van der Waals surface area contributed by atoms with Gasteiger partial charge in [0.15, 0.2) is 0 Å². The molecule has 0 amide bonds. The molecule has 2 aromatic rings. The third-order valence-electron chi connectivity index (χ3n) is 3.23. The number of rotatable bonds is 5. The van der Waals surface area contributed by atoms with E-state index in [1.807, 2.05) is 6.92 Å². The molecule has 0 aliphatic carbocycles. The van der Waals surface area contributed by atoms with Gasteiger partial charge in [0, 0.05) is 16.7 Å². The van der Waals surface area contributed by atoms with E-state index in [1.165, 1.54) is 12.1 Å². The maximum atomic E-state index is 13.0. The first kappa shape index (κ1) is 15.5. The minimum absolute atomic E-state index is 0.225. The van der Waals surface area contributed by atoms with Crippen molar-refractivity contribution in [3.8, 4) is 0 Å². The van der Waals surface area contributed by atoms with E-state index in [0.29, 0.717) is 11.0 Å². The number of halogens is 2. The van der Waals surface area contributed by atoms with Gasteiger partial charge in [-0.15, -0.1) is 0 Å². The van der Waals surface area contributed by atoms with E-state index in [1.54, 1.807) is 24.3 Å². The Morgan fingerprint density at radius 3 is 2.67 bits per heavy atom. The fourth-order valence-corrected chi connectivity index (χ4v) is 2.63. The lowest BCUT2D eigenvalue weighted by atomic mass is 10.1. The van der Waals surface area contributed by atoms with Crippen molar-refractivity contribution in [2.75, 3.05) is 11.9 Å². The number of carboxylic acids is 1. The van der Waals surface area contributed by atoms with Crippen LogP contribution in [0.25, 0.3) is 0 Å². The summed E-state index contributed by atoms with van der Waals surface area (Å²) in [5, 5.41) is 12.2. The van der Waals surface area contributed by atoms with Crippen molar-refractivity contribution in [2.45, 2.75) is 13.3 Å². The van der Waals surface area contributed by atoms with Gasteiger partial charge in [-0.3, -0.25) is 0 Å². The lowest BCUT2D eigenvalue weighted by Gasteiger charge is -2.10. The van der Waals surface area contributed by atoms with Crippen molar-refractivity contribution in [1.82, 2.24) is 0 Å². The summed E-state index contributed by atoms with van der Waals surface area (Å²) in [5.41, 5.74) is 3.09. The second-order valence-corrected chi connectivity index (χ2v) is 5.60. The molecule has 5 heteroatoms. The number of hydrogen-bond donors (Lipinski definition) is 2. The Hall–Kier alpha value is -1.88. The van der Waals surface area contributed by atoms with Crippen LogP contribution < -0.4 is 5.32 Å². The van der Waals surface area contributed by atoms with Crippen LogP contribution in [-0.2, 0) is 6.42 Å². The smallest absolute Gasteiger partial charge is 0.336 e. The normalized spacial score (nSPS) is 10.4. The molecule has 0 fully saturated rings. The van der Waals surface area contributed by atoms with Gasteiger partial charge in [0.25, 0.3) is 0 Å². The van der Waals surface area contributed by atoms with Crippen LogP contribution in [0.5, 0.6) is 0 Å². The van der Waals surface area contributed by atoms with Gasteiger partial charge in [-0.2, -0.15) is 0 Å². The SMILES string of the molecule is Cc1cc(F)ccc1CCNc1ccc(C(=O)O)c(Br)c1. The molecule has 0 unspecified atom stereocenters. The van der Waals surface area contributed by atoms with E-state index >= 15 is 0 Å². The summed E-state index contributed by atoms with van der Waals surface area (Å²) in [7, 11) is 0. The number of benzene rings is 2. The maximum Gasteiger partial charge on any atom is 0.336 e. The first-order valence-corrected chi connectivity index (χ1v) is 7.28. The van der Waals surface area contributed by atoms with Crippen LogP contribution in [0.3, 0.4) is 0 Å². The second-order valence-electron chi connectivity index (χ2n) is 4.75. The standard InChI is InChI=1S/C16H15BrFNO2/c1-10-8-12(18)3-2-11(10)6-7-19-13-4-5-14(16(20)21)15(17)9-13/h2-5,8-9,19H,6-7H2,1H3,(H,20,21). The van der Waals surface area contributed by atoms with Crippen molar-refractivity contribution in [3.63, 3.8) is 0 Å². The van der Waals surface area contributed by atoms with Gasteiger partial charge in [-0.05, 0) is 70.7 Å². The molecule has 0 spiro atoms. The summed E-state index contributed by atoms with van der Waals surface area (Å²) in [5.74, 6) is -1.19. The summed E-state index contributed by atoms with van der Waals surface area (Å²) in [6.45, 7) is 2.57. The highest BCUT2D eigenvalue weighted by Crippen LogP contribution is 2.21. The van der Waals surface area contributed by atoms with Crippen LogP contribution in [0.1, 0.15) is 21.5 Å².